The Hall–Kier alpha value is -0.820. The summed E-state index contributed by atoms with van der Waals surface area (Å²) < 4.78 is 0. The molecule has 0 heterocycles. The third-order valence-corrected chi connectivity index (χ3v) is 5.04. The molecule has 1 aromatic rings. The first-order chi connectivity index (χ1) is 8.84. The Morgan fingerprint density at radius 1 is 1.05 bits per heavy atom. The maximum Gasteiger partial charge on any atom is 0.0738 e. The Morgan fingerprint density at radius 2 is 1.63 bits per heavy atom. The zero-order valence-electron chi connectivity index (χ0n) is 12.9. The van der Waals surface area contributed by atoms with E-state index < -0.39 is 5.60 Å². The van der Waals surface area contributed by atoms with Crippen LogP contribution in [0.4, 0.5) is 0 Å². The van der Waals surface area contributed by atoms with Crippen LogP contribution in [0.15, 0.2) is 24.3 Å². The fourth-order valence-corrected chi connectivity index (χ4v) is 3.24. The summed E-state index contributed by atoms with van der Waals surface area (Å²) in [5.74, 6) is 0.572. The van der Waals surface area contributed by atoms with Crippen molar-refractivity contribution in [1.82, 2.24) is 0 Å². The highest BCUT2D eigenvalue weighted by Crippen LogP contribution is 2.45. The van der Waals surface area contributed by atoms with E-state index in [4.69, 9.17) is 0 Å². The van der Waals surface area contributed by atoms with Gasteiger partial charge in [0.25, 0.3) is 0 Å². The lowest BCUT2D eigenvalue weighted by atomic mass is 9.63. The summed E-state index contributed by atoms with van der Waals surface area (Å²) in [5.41, 5.74) is 2.13. The van der Waals surface area contributed by atoms with Gasteiger partial charge >= 0.3 is 0 Å². The minimum absolute atomic E-state index is 0.0297. The van der Waals surface area contributed by atoms with E-state index in [-0.39, 0.29) is 5.41 Å². The number of hydrogen-bond acceptors (Lipinski definition) is 1. The Bertz CT molecular complexity index is 416. The zero-order chi connectivity index (χ0) is 14.1. The summed E-state index contributed by atoms with van der Waals surface area (Å²) in [6.45, 7) is 8.86. The third-order valence-electron chi connectivity index (χ3n) is 5.04. The molecule has 0 spiro atoms. The van der Waals surface area contributed by atoms with E-state index in [2.05, 4.69) is 52.0 Å². The van der Waals surface area contributed by atoms with Crippen LogP contribution >= 0.6 is 0 Å². The molecular weight excluding hydrogens is 232 g/mol. The Kier molecular flexibility index (Phi) is 4.06. The highest BCUT2D eigenvalue weighted by molar-refractivity contribution is 5.26. The van der Waals surface area contributed by atoms with Gasteiger partial charge in [0, 0.05) is 6.42 Å². The van der Waals surface area contributed by atoms with Crippen molar-refractivity contribution in [3.63, 3.8) is 0 Å². The van der Waals surface area contributed by atoms with Crippen molar-refractivity contribution in [2.24, 2.45) is 5.41 Å². The zero-order valence-corrected chi connectivity index (χ0v) is 12.9. The van der Waals surface area contributed by atoms with E-state index in [1.807, 2.05) is 0 Å². The second-order valence-corrected chi connectivity index (χ2v) is 7.20. The third kappa shape index (κ3) is 3.02. The van der Waals surface area contributed by atoms with Gasteiger partial charge in [0.05, 0.1) is 5.60 Å². The molecule has 1 aromatic carbocycles. The van der Waals surface area contributed by atoms with Crippen LogP contribution < -0.4 is 0 Å². The first-order valence-corrected chi connectivity index (χ1v) is 7.65. The minimum atomic E-state index is -0.537. The lowest BCUT2D eigenvalue weighted by Gasteiger charge is -2.46. The average molecular weight is 260 g/mol. The Labute approximate surface area is 118 Å². The molecule has 1 atom stereocenters. The number of hydrogen-bond donors (Lipinski definition) is 1. The van der Waals surface area contributed by atoms with Crippen molar-refractivity contribution in [2.45, 2.75) is 71.3 Å². The largest absolute Gasteiger partial charge is 0.389 e. The first kappa shape index (κ1) is 14.6. The van der Waals surface area contributed by atoms with Gasteiger partial charge in [-0.15, -0.1) is 0 Å². The number of benzene rings is 1. The molecule has 106 valence electrons. The Morgan fingerprint density at radius 3 is 2.16 bits per heavy atom. The summed E-state index contributed by atoms with van der Waals surface area (Å²) in [5, 5.41) is 11.0. The van der Waals surface area contributed by atoms with Crippen molar-refractivity contribution in [1.29, 1.82) is 0 Å². The van der Waals surface area contributed by atoms with Gasteiger partial charge in [-0.05, 0) is 35.3 Å². The van der Waals surface area contributed by atoms with Crippen LogP contribution in [0.3, 0.4) is 0 Å². The van der Waals surface area contributed by atoms with Gasteiger partial charge in [-0.3, -0.25) is 0 Å². The van der Waals surface area contributed by atoms with Gasteiger partial charge in [0.15, 0.2) is 0 Å². The quantitative estimate of drug-likeness (QED) is 0.836. The van der Waals surface area contributed by atoms with Gasteiger partial charge in [0.1, 0.15) is 0 Å². The molecule has 1 nitrogen and oxygen atoms in total. The highest BCUT2D eigenvalue weighted by atomic mass is 16.3. The smallest absolute Gasteiger partial charge is 0.0738 e. The van der Waals surface area contributed by atoms with Crippen LogP contribution in [0, 0.1) is 5.41 Å². The van der Waals surface area contributed by atoms with E-state index >= 15 is 0 Å². The average Bonchev–Trinajstić information content (AvgIpc) is 2.34. The van der Waals surface area contributed by atoms with E-state index in [0.29, 0.717) is 5.92 Å². The monoisotopic (exact) mass is 260 g/mol. The standard InChI is InChI=1S/C18H28O/c1-14(2)16-9-7-15(8-10-16)13-18(19)12-6-5-11-17(18,3)4/h7-10,14,19H,5-6,11-13H2,1-4H3. The summed E-state index contributed by atoms with van der Waals surface area (Å²) in [6, 6.07) is 8.80. The van der Waals surface area contributed by atoms with Gasteiger partial charge in [-0.25, -0.2) is 0 Å². The van der Waals surface area contributed by atoms with Gasteiger partial charge < -0.3 is 5.11 Å². The molecule has 0 radical (unpaired) electrons. The predicted molar refractivity (Wildman–Crippen MR) is 81.4 cm³/mol. The highest BCUT2D eigenvalue weighted by Gasteiger charge is 2.44. The normalized spacial score (nSPS) is 26.6. The maximum atomic E-state index is 11.0. The number of aliphatic hydroxyl groups is 1. The maximum absolute atomic E-state index is 11.0. The summed E-state index contributed by atoms with van der Waals surface area (Å²) in [6.07, 6.45) is 5.27. The second-order valence-electron chi connectivity index (χ2n) is 7.20. The molecule has 1 unspecified atom stereocenters. The Balaban J connectivity index is 2.15. The molecule has 1 fully saturated rings. The molecule has 1 aliphatic rings. The first-order valence-electron chi connectivity index (χ1n) is 7.65. The molecular formula is C18H28O. The van der Waals surface area contributed by atoms with Crippen LogP contribution in [-0.4, -0.2) is 10.7 Å². The van der Waals surface area contributed by atoms with Gasteiger partial charge in [-0.2, -0.15) is 0 Å². The molecule has 1 aliphatic carbocycles. The summed E-state index contributed by atoms with van der Waals surface area (Å²) >= 11 is 0. The van der Waals surface area contributed by atoms with Crippen molar-refractivity contribution >= 4 is 0 Å². The molecule has 0 bridgehead atoms. The molecule has 19 heavy (non-hydrogen) atoms. The van der Waals surface area contributed by atoms with Crippen LogP contribution in [0.5, 0.6) is 0 Å². The second kappa shape index (κ2) is 5.28. The molecule has 2 rings (SSSR count). The molecule has 0 amide bonds. The minimum Gasteiger partial charge on any atom is -0.389 e. The summed E-state index contributed by atoms with van der Waals surface area (Å²) in [7, 11) is 0. The predicted octanol–water partition coefficient (Wildman–Crippen LogP) is 4.68. The van der Waals surface area contributed by atoms with Crippen LogP contribution in [-0.2, 0) is 6.42 Å². The van der Waals surface area contributed by atoms with Crippen molar-refractivity contribution in [3.8, 4) is 0 Å². The van der Waals surface area contributed by atoms with Crippen LogP contribution in [0.2, 0.25) is 0 Å². The van der Waals surface area contributed by atoms with Crippen molar-refractivity contribution < 1.29 is 5.11 Å². The summed E-state index contributed by atoms with van der Waals surface area (Å²) in [4.78, 5) is 0. The fourth-order valence-electron chi connectivity index (χ4n) is 3.24. The van der Waals surface area contributed by atoms with E-state index in [9.17, 15) is 5.11 Å². The van der Waals surface area contributed by atoms with E-state index in [0.717, 1.165) is 25.7 Å². The lowest BCUT2D eigenvalue weighted by Crippen LogP contribution is -2.48. The lowest BCUT2D eigenvalue weighted by molar-refractivity contribution is -0.0958. The topological polar surface area (TPSA) is 20.2 Å². The van der Waals surface area contributed by atoms with Crippen LogP contribution in [0.1, 0.15) is 70.4 Å². The molecule has 1 saturated carbocycles. The SMILES string of the molecule is CC(C)c1ccc(CC2(O)CCCCC2(C)C)cc1. The fraction of sp³-hybridized carbons (Fsp3) is 0.667. The van der Waals surface area contributed by atoms with Crippen molar-refractivity contribution in [3.05, 3.63) is 35.4 Å². The van der Waals surface area contributed by atoms with Crippen LogP contribution in [0.25, 0.3) is 0 Å². The van der Waals surface area contributed by atoms with E-state index in [1.54, 1.807) is 0 Å². The number of rotatable bonds is 3. The van der Waals surface area contributed by atoms with Crippen molar-refractivity contribution in [2.75, 3.05) is 0 Å². The van der Waals surface area contributed by atoms with Gasteiger partial charge in [0.2, 0.25) is 0 Å². The molecule has 0 aromatic heterocycles. The molecule has 1 N–H and O–H groups in total. The van der Waals surface area contributed by atoms with Gasteiger partial charge in [-0.1, -0.05) is 64.8 Å². The molecule has 1 heteroatoms. The van der Waals surface area contributed by atoms with E-state index in [1.165, 1.54) is 17.5 Å². The molecule has 0 saturated heterocycles. The molecule has 0 aliphatic heterocycles.